The molecule has 3 rings (SSSR count). The number of rotatable bonds is 8. The normalized spacial score (nSPS) is 21.2. The van der Waals surface area contributed by atoms with Crippen LogP contribution in [0.3, 0.4) is 0 Å². The highest BCUT2D eigenvalue weighted by atomic mass is 127. The van der Waals surface area contributed by atoms with Gasteiger partial charge in [0.1, 0.15) is 5.76 Å². The summed E-state index contributed by atoms with van der Waals surface area (Å²) in [6, 6.07) is 3.98. The fraction of sp³-hybridized carbons (Fsp3) is 0.762. The summed E-state index contributed by atoms with van der Waals surface area (Å²) in [5.41, 5.74) is 0. The number of hydrogen-bond donors (Lipinski definition) is 1. The third kappa shape index (κ3) is 7.91. The van der Waals surface area contributed by atoms with Gasteiger partial charge in [0.2, 0.25) is 0 Å². The molecule has 0 aliphatic carbocycles. The summed E-state index contributed by atoms with van der Waals surface area (Å²) in [5, 5.41) is 3.58. The Hall–Kier alpha value is -0.800. The second-order valence-electron chi connectivity index (χ2n) is 8.15. The van der Waals surface area contributed by atoms with Gasteiger partial charge in [0.25, 0.3) is 0 Å². The Bertz CT molecular complexity index is 559. The van der Waals surface area contributed by atoms with Crippen molar-refractivity contribution < 1.29 is 9.15 Å². The molecule has 0 spiro atoms. The first-order chi connectivity index (χ1) is 13.2. The van der Waals surface area contributed by atoms with E-state index in [9.17, 15) is 0 Å². The molecule has 2 aliphatic rings. The molecule has 1 unspecified atom stereocenters. The number of guanidine groups is 1. The third-order valence-corrected chi connectivity index (χ3v) is 5.41. The van der Waals surface area contributed by atoms with Crippen molar-refractivity contribution in [3.05, 3.63) is 24.2 Å². The van der Waals surface area contributed by atoms with E-state index in [-0.39, 0.29) is 24.0 Å². The monoisotopic (exact) mass is 504 g/mol. The van der Waals surface area contributed by atoms with Crippen LogP contribution in [0.1, 0.15) is 32.4 Å². The maximum atomic E-state index is 5.45. The van der Waals surface area contributed by atoms with Crippen molar-refractivity contribution in [2.75, 3.05) is 59.0 Å². The summed E-state index contributed by atoms with van der Waals surface area (Å²) in [4.78, 5) is 9.85. The number of ether oxygens (including phenoxy) is 1. The van der Waals surface area contributed by atoms with Gasteiger partial charge in [-0.3, -0.25) is 9.89 Å². The molecule has 0 saturated carbocycles. The first-order valence-electron chi connectivity index (χ1n) is 10.6. The summed E-state index contributed by atoms with van der Waals surface area (Å²) < 4.78 is 10.9. The fourth-order valence-electron chi connectivity index (χ4n) is 4.03. The van der Waals surface area contributed by atoms with Crippen LogP contribution in [0.25, 0.3) is 0 Å². The van der Waals surface area contributed by atoms with Crippen LogP contribution in [0, 0.1) is 11.8 Å². The lowest BCUT2D eigenvalue weighted by Gasteiger charge is -2.26. The Balaban J connectivity index is 0.00000280. The van der Waals surface area contributed by atoms with Crippen molar-refractivity contribution in [1.82, 2.24) is 15.1 Å². The third-order valence-electron chi connectivity index (χ3n) is 5.41. The number of halogens is 1. The van der Waals surface area contributed by atoms with E-state index in [2.05, 4.69) is 29.0 Å². The molecule has 160 valence electrons. The minimum absolute atomic E-state index is 0. The van der Waals surface area contributed by atoms with Gasteiger partial charge in [0, 0.05) is 45.7 Å². The lowest BCUT2D eigenvalue weighted by molar-refractivity contribution is 0.0394. The Morgan fingerprint density at radius 2 is 2.11 bits per heavy atom. The quantitative estimate of drug-likeness (QED) is 0.335. The zero-order chi connectivity index (χ0) is 18.9. The first kappa shape index (κ1) is 23.5. The van der Waals surface area contributed by atoms with Gasteiger partial charge in [-0.1, -0.05) is 13.8 Å². The minimum Gasteiger partial charge on any atom is -0.469 e. The molecule has 6 nitrogen and oxygen atoms in total. The van der Waals surface area contributed by atoms with Crippen molar-refractivity contribution in [2.45, 2.75) is 33.1 Å². The minimum atomic E-state index is 0. The van der Waals surface area contributed by atoms with E-state index < -0.39 is 0 Å². The van der Waals surface area contributed by atoms with E-state index in [0.29, 0.717) is 0 Å². The van der Waals surface area contributed by atoms with Gasteiger partial charge in [0.15, 0.2) is 5.96 Å². The van der Waals surface area contributed by atoms with Crippen LogP contribution in [0.4, 0.5) is 0 Å². The predicted molar refractivity (Wildman–Crippen MR) is 125 cm³/mol. The number of nitrogens with zero attached hydrogens (tertiary/aromatic N) is 3. The molecule has 0 radical (unpaired) electrons. The van der Waals surface area contributed by atoms with Crippen molar-refractivity contribution >= 4 is 29.9 Å². The van der Waals surface area contributed by atoms with Gasteiger partial charge in [-0.05, 0) is 36.8 Å². The molecule has 2 aliphatic heterocycles. The van der Waals surface area contributed by atoms with E-state index in [1.165, 1.54) is 12.8 Å². The van der Waals surface area contributed by atoms with Crippen LogP contribution in [-0.4, -0.2) is 74.8 Å². The Kier molecular flexibility index (Phi) is 10.6. The molecule has 28 heavy (non-hydrogen) atoms. The summed E-state index contributed by atoms with van der Waals surface area (Å²) in [6.07, 6.45) is 5.22. The Morgan fingerprint density at radius 1 is 1.29 bits per heavy atom. The molecule has 0 bridgehead atoms. The highest BCUT2D eigenvalue weighted by molar-refractivity contribution is 14.0. The highest BCUT2D eigenvalue weighted by Crippen LogP contribution is 2.23. The van der Waals surface area contributed by atoms with Crippen molar-refractivity contribution in [2.24, 2.45) is 16.8 Å². The van der Waals surface area contributed by atoms with Crippen molar-refractivity contribution in [3.63, 3.8) is 0 Å². The molecule has 3 heterocycles. The molecule has 7 heteroatoms. The lowest BCUT2D eigenvalue weighted by atomic mass is 9.97. The SMILES string of the molecule is CC(C)CC1CCN(C(=NCCN2CCOCC2)NCCc2ccco2)C1.I. The average molecular weight is 504 g/mol. The number of likely N-dealkylation sites (tertiary alicyclic amines) is 1. The Labute approximate surface area is 187 Å². The maximum absolute atomic E-state index is 5.45. The standard InChI is InChI=1S/C21H36N4O2.HI/c1-18(2)16-19-6-9-25(17-19)21(22-7-5-20-4-3-13-27-20)23-8-10-24-11-14-26-15-12-24;/h3-4,13,18-19H,5-12,14-17H2,1-2H3,(H,22,23);1H. The van der Waals surface area contributed by atoms with E-state index in [1.807, 2.05) is 12.1 Å². The smallest absolute Gasteiger partial charge is 0.193 e. The zero-order valence-electron chi connectivity index (χ0n) is 17.4. The number of aliphatic imine (C=N–C) groups is 1. The van der Waals surface area contributed by atoms with E-state index in [4.69, 9.17) is 14.1 Å². The molecule has 2 saturated heterocycles. The average Bonchev–Trinajstić information content (AvgIpc) is 3.33. The van der Waals surface area contributed by atoms with Crippen LogP contribution in [0.5, 0.6) is 0 Å². The second kappa shape index (κ2) is 12.7. The number of hydrogen-bond acceptors (Lipinski definition) is 4. The largest absolute Gasteiger partial charge is 0.469 e. The molecule has 1 aromatic rings. The predicted octanol–water partition coefficient (Wildman–Crippen LogP) is 3.09. The summed E-state index contributed by atoms with van der Waals surface area (Å²) in [5.74, 6) is 3.65. The van der Waals surface area contributed by atoms with Gasteiger partial charge in [-0.25, -0.2) is 0 Å². The highest BCUT2D eigenvalue weighted by Gasteiger charge is 2.25. The van der Waals surface area contributed by atoms with E-state index in [1.54, 1.807) is 6.26 Å². The van der Waals surface area contributed by atoms with Crippen LogP contribution < -0.4 is 5.32 Å². The van der Waals surface area contributed by atoms with Gasteiger partial charge >= 0.3 is 0 Å². The molecule has 0 amide bonds. The Morgan fingerprint density at radius 3 is 2.82 bits per heavy atom. The molecular weight excluding hydrogens is 467 g/mol. The van der Waals surface area contributed by atoms with Crippen LogP contribution in [-0.2, 0) is 11.2 Å². The van der Waals surface area contributed by atoms with Gasteiger partial charge in [-0.2, -0.15) is 0 Å². The van der Waals surface area contributed by atoms with Gasteiger partial charge < -0.3 is 19.4 Å². The molecule has 2 fully saturated rings. The first-order valence-corrected chi connectivity index (χ1v) is 10.6. The number of morpholine rings is 1. The van der Waals surface area contributed by atoms with Gasteiger partial charge in [0.05, 0.1) is 26.0 Å². The van der Waals surface area contributed by atoms with Crippen LogP contribution in [0.2, 0.25) is 0 Å². The van der Waals surface area contributed by atoms with Crippen LogP contribution >= 0.6 is 24.0 Å². The summed E-state index contributed by atoms with van der Waals surface area (Å²) in [7, 11) is 0. The lowest BCUT2D eigenvalue weighted by Crippen LogP contribution is -2.42. The van der Waals surface area contributed by atoms with E-state index in [0.717, 1.165) is 89.0 Å². The number of nitrogens with one attached hydrogen (secondary N) is 1. The molecule has 1 N–H and O–H groups in total. The molecule has 0 aromatic carbocycles. The topological polar surface area (TPSA) is 53.2 Å². The maximum Gasteiger partial charge on any atom is 0.193 e. The van der Waals surface area contributed by atoms with Crippen LogP contribution in [0.15, 0.2) is 27.8 Å². The summed E-state index contributed by atoms with van der Waals surface area (Å²) in [6.45, 7) is 13.3. The number of furan rings is 1. The second-order valence-corrected chi connectivity index (χ2v) is 8.15. The molecule has 1 aromatic heterocycles. The van der Waals surface area contributed by atoms with E-state index >= 15 is 0 Å². The van der Waals surface area contributed by atoms with Crippen molar-refractivity contribution in [3.8, 4) is 0 Å². The zero-order valence-corrected chi connectivity index (χ0v) is 19.8. The van der Waals surface area contributed by atoms with Gasteiger partial charge in [-0.15, -0.1) is 24.0 Å². The van der Waals surface area contributed by atoms with Crippen molar-refractivity contribution in [1.29, 1.82) is 0 Å². The fourth-order valence-corrected chi connectivity index (χ4v) is 4.03. The molecule has 1 atom stereocenters. The summed E-state index contributed by atoms with van der Waals surface area (Å²) >= 11 is 0. The molecular formula is C21H37IN4O2.